The van der Waals surface area contributed by atoms with Crippen LogP contribution in [0.1, 0.15) is 16.8 Å². The van der Waals surface area contributed by atoms with E-state index in [1.807, 2.05) is 24.3 Å². The molecule has 0 bridgehead atoms. The summed E-state index contributed by atoms with van der Waals surface area (Å²) in [6.07, 6.45) is 11.9. The molecule has 134 valence electrons. The normalized spacial score (nSPS) is 16.1. The second-order valence-corrected chi connectivity index (χ2v) is 5.29. The van der Waals surface area contributed by atoms with Crippen LogP contribution in [0.5, 0.6) is 28.7 Å². The van der Waals surface area contributed by atoms with Gasteiger partial charge in [0.25, 0.3) is 0 Å². The summed E-state index contributed by atoms with van der Waals surface area (Å²) in [6, 6.07) is 0. The predicted octanol–water partition coefficient (Wildman–Crippen LogP) is 3.30. The van der Waals surface area contributed by atoms with Crippen molar-refractivity contribution in [3.8, 4) is 28.7 Å². The Morgan fingerprint density at radius 1 is 1.00 bits per heavy atom. The molecule has 6 heteroatoms. The molecule has 1 N–H and O–H groups in total. The second-order valence-electron chi connectivity index (χ2n) is 5.29. The van der Waals surface area contributed by atoms with E-state index in [4.69, 9.17) is 18.9 Å². The van der Waals surface area contributed by atoms with Crippen LogP contribution >= 0.6 is 0 Å². The summed E-state index contributed by atoms with van der Waals surface area (Å²) in [5, 5.41) is 10.5. The molecule has 1 unspecified atom stereocenters. The third-order valence-electron chi connectivity index (χ3n) is 3.87. The maximum atomic E-state index is 12.7. The molecule has 1 atom stereocenters. The lowest BCUT2D eigenvalue weighted by atomic mass is 9.98. The molecule has 6 nitrogen and oxygen atoms in total. The number of benzene rings is 1. The Morgan fingerprint density at radius 2 is 1.60 bits per heavy atom. The summed E-state index contributed by atoms with van der Waals surface area (Å²) >= 11 is 0. The zero-order valence-electron chi connectivity index (χ0n) is 14.7. The molecule has 0 saturated carbocycles. The number of hydrogen-bond acceptors (Lipinski definition) is 6. The minimum atomic E-state index is -0.420. The minimum absolute atomic E-state index is 0.0115. The van der Waals surface area contributed by atoms with Gasteiger partial charge in [-0.1, -0.05) is 30.4 Å². The van der Waals surface area contributed by atoms with Gasteiger partial charge in [-0.2, -0.15) is 0 Å². The number of aromatic hydroxyl groups is 1. The van der Waals surface area contributed by atoms with Gasteiger partial charge in [-0.15, -0.1) is 0 Å². The number of allylic oxidation sites excluding steroid dienone is 6. The van der Waals surface area contributed by atoms with Crippen LogP contribution < -0.4 is 18.9 Å². The lowest BCUT2D eigenvalue weighted by Gasteiger charge is -2.19. The van der Waals surface area contributed by atoms with Crippen molar-refractivity contribution < 1.29 is 28.8 Å². The van der Waals surface area contributed by atoms with E-state index in [0.29, 0.717) is 0 Å². The van der Waals surface area contributed by atoms with Gasteiger partial charge in [0, 0.05) is 0 Å². The van der Waals surface area contributed by atoms with Gasteiger partial charge in [-0.05, 0) is 18.4 Å². The molecule has 1 aliphatic rings. The van der Waals surface area contributed by atoms with E-state index < -0.39 is 5.78 Å². The van der Waals surface area contributed by atoms with Crippen molar-refractivity contribution in [3.63, 3.8) is 0 Å². The van der Waals surface area contributed by atoms with Gasteiger partial charge >= 0.3 is 0 Å². The monoisotopic (exact) mass is 346 g/mol. The third kappa shape index (κ3) is 3.63. The number of phenolic OH excluding ortho intramolecular Hbond substituents is 1. The molecule has 0 amide bonds. The summed E-state index contributed by atoms with van der Waals surface area (Å²) in [5.74, 6) is -0.215. The van der Waals surface area contributed by atoms with Gasteiger partial charge < -0.3 is 24.1 Å². The fraction of sp³-hybridized carbons (Fsp3) is 0.316. The number of ether oxygens (including phenoxy) is 4. The van der Waals surface area contributed by atoms with E-state index >= 15 is 0 Å². The van der Waals surface area contributed by atoms with Crippen molar-refractivity contribution in [3.05, 3.63) is 42.0 Å². The number of rotatable bonds is 7. The number of ketones is 1. The van der Waals surface area contributed by atoms with Crippen molar-refractivity contribution in [1.29, 1.82) is 0 Å². The van der Waals surface area contributed by atoms with E-state index in [9.17, 15) is 9.90 Å². The van der Waals surface area contributed by atoms with Gasteiger partial charge in [-0.25, -0.2) is 0 Å². The Balaban J connectivity index is 2.51. The summed E-state index contributed by atoms with van der Waals surface area (Å²) in [5.41, 5.74) is -0.0384. The summed E-state index contributed by atoms with van der Waals surface area (Å²) in [6.45, 7) is 0. The molecule has 1 aliphatic carbocycles. The van der Waals surface area contributed by atoms with E-state index in [1.54, 1.807) is 6.08 Å². The molecule has 0 fully saturated rings. The third-order valence-corrected chi connectivity index (χ3v) is 3.87. The molecule has 2 rings (SSSR count). The molecule has 25 heavy (non-hydrogen) atoms. The van der Waals surface area contributed by atoms with Crippen molar-refractivity contribution in [2.24, 2.45) is 5.92 Å². The zero-order chi connectivity index (χ0) is 18.4. The van der Waals surface area contributed by atoms with Gasteiger partial charge in [-0.3, -0.25) is 4.79 Å². The number of phenols is 1. The predicted molar refractivity (Wildman–Crippen MR) is 94.2 cm³/mol. The number of carbonyl (C=O) groups is 1. The van der Waals surface area contributed by atoms with Crippen LogP contribution in [0.3, 0.4) is 0 Å². The van der Waals surface area contributed by atoms with Gasteiger partial charge in [0.05, 0.1) is 28.4 Å². The Kier molecular flexibility index (Phi) is 6.11. The summed E-state index contributed by atoms with van der Waals surface area (Å²) < 4.78 is 21.0. The fourth-order valence-corrected chi connectivity index (χ4v) is 2.67. The lowest BCUT2D eigenvalue weighted by Crippen LogP contribution is -2.06. The topological polar surface area (TPSA) is 74.2 Å². The van der Waals surface area contributed by atoms with Crippen LogP contribution in [0.15, 0.2) is 36.5 Å². The van der Waals surface area contributed by atoms with Crippen LogP contribution in [0.2, 0.25) is 0 Å². The SMILES string of the molecule is COc1c(O)c(C(=O)C=CC2C=CC=CC2)c(OC)c(OC)c1OC. The van der Waals surface area contributed by atoms with Crippen molar-refractivity contribution in [2.45, 2.75) is 6.42 Å². The first-order valence-corrected chi connectivity index (χ1v) is 7.73. The molecule has 1 aromatic rings. The highest BCUT2D eigenvalue weighted by molar-refractivity contribution is 6.10. The van der Waals surface area contributed by atoms with Gasteiger partial charge in [0.1, 0.15) is 5.56 Å². The Hall–Kier alpha value is -2.89. The highest BCUT2D eigenvalue weighted by atomic mass is 16.5. The highest BCUT2D eigenvalue weighted by Gasteiger charge is 2.30. The van der Waals surface area contributed by atoms with E-state index in [0.717, 1.165) is 6.42 Å². The van der Waals surface area contributed by atoms with Crippen molar-refractivity contribution in [1.82, 2.24) is 0 Å². The van der Waals surface area contributed by atoms with Crippen LogP contribution in [-0.4, -0.2) is 39.3 Å². The largest absolute Gasteiger partial charge is 0.504 e. The first-order valence-electron chi connectivity index (χ1n) is 7.73. The molecule has 0 spiro atoms. The Morgan fingerprint density at radius 3 is 2.12 bits per heavy atom. The highest BCUT2D eigenvalue weighted by Crippen LogP contribution is 2.53. The second kappa shape index (κ2) is 8.28. The van der Waals surface area contributed by atoms with Crippen molar-refractivity contribution >= 4 is 5.78 Å². The van der Waals surface area contributed by atoms with Gasteiger partial charge in [0.15, 0.2) is 17.3 Å². The van der Waals surface area contributed by atoms with E-state index in [-0.39, 0.29) is 40.2 Å². The van der Waals surface area contributed by atoms with Crippen molar-refractivity contribution in [2.75, 3.05) is 28.4 Å². The molecular formula is C19H22O6. The molecule has 0 saturated heterocycles. The van der Waals surface area contributed by atoms with Crippen LogP contribution in [-0.2, 0) is 0 Å². The van der Waals surface area contributed by atoms with E-state index in [2.05, 4.69) is 0 Å². The van der Waals surface area contributed by atoms with Crippen LogP contribution in [0.25, 0.3) is 0 Å². The molecule has 0 aromatic heterocycles. The number of hydrogen-bond donors (Lipinski definition) is 1. The Bertz CT molecular complexity index is 730. The fourth-order valence-electron chi connectivity index (χ4n) is 2.67. The molecule has 0 radical (unpaired) electrons. The lowest BCUT2D eigenvalue weighted by molar-refractivity contribution is 0.103. The van der Waals surface area contributed by atoms with Crippen LogP contribution in [0, 0.1) is 5.92 Å². The number of methoxy groups -OCH3 is 4. The standard InChI is InChI=1S/C19H22O6/c1-22-16-14(13(20)11-10-12-8-6-5-7-9-12)15(21)17(23-2)19(25-4)18(16)24-3/h5-8,10-12,21H,9H2,1-4H3. The maximum Gasteiger partial charge on any atom is 0.211 e. The van der Waals surface area contributed by atoms with E-state index in [1.165, 1.54) is 34.5 Å². The summed E-state index contributed by atoms with van der Waals surface area (Å²) in [7, 11) is 5.58. The number of carbonyl (C=O) groups excluding carboxylic acids is 1. The quantitative estimate of drug-likeness (QED) is 0.603. The first-order chi connectivity index (χ1) is 12.1. The maximum absolute atomic E-state index is 12.7. The average molecular weight is 346 g/mol. The zero-order valence-corrected chi connectivity index (χ0v) is 14.7. The summed E-state index contributed by atoms with van der Waals surface area (Å²) in [4.78, 5) is 12.7. The molecule has 1 aromatic carbocycles. The minimum Gasteiger partial charge on any atom is -0.504 e. The average Bonchev–Trinajstić information content (AvgIpc) is 2.65. The smallest absolute Gasteiger partial charge is 0.211 e. The first kappa shape index (κ1) is 18.4. The molecular weight excluding hydrogens is 324 g/mol. The van der Waals surface area contributed by atoms with Crippen LogP contribution in [0.4, 0.5) is 0 Å². The molecule has 0 heterocycles. The Labute approximate surface area is 147 Å². The molecule has 0 aliphatic heterocycles. The van der Waals surface area contributed by atoms with Gasteiger partial charge in [0.2, 0.25) is 17.2 Å².